The van der Waals surface area contributed by atoms with Gasteiger partial charge in [-0.3, -0.25) is 0 Å². The maximum Gasteiger partial charge on any atom is 0.0586 e. The molecule has 11 heavy (non-hydrogen) atoms. The minimum atomic E-state index is 0.345. The molecule has 1 saturated carbocycles. The molecule has 1 spiro atoms. The van der Waals surface area contributed by atoms with Gasteiger partial charge in [0.15, 0.2) is 0 Å². The van der Waals surface area contributed by atoms with Crippen LogP contribution in [-0.4, -0.2) is 36.2 Å². The van der Waals surface area contributed by atoms with Gasteiger partial charge in [0.2, 0.25) is 0 Å². The average molecular weight is 155 g/mol. The Balaban J connectivity index is 1.99. The van der Waals surface area contributed by atoms with Gasteiger partial charge in [-0.25, -0.2) is 0 Å². The van der Waals surface area contributed by atoms with Crippen LogP contribution in [0.1, 0.15) is 25.7 Å². The van der Waals surface area contributed by atoms with E-state index in [1.165, 1.54) is 32.2 Å². The van der Waals surface area contributed by atoms with E-state index >= 15 is 0 Å². The van der Waals surface area contributed by atoms with Crippen molar-refractivity contribution in [3.8, 4) is 0 Å². The van der Waals surface area contributed by atoms with Gasteiger partial charge in [0.05, 0.1) is 6.61 Å². The number of hydrogen-bond acceptors (Lipinski definition) is 2. The first-order valence-corrected chi connectivity index (χ1v) is 4.57. The van der Waals surface area contributed by atoms with Crippen molar-refractivity contribution in [2.45, 2.75) is 31.7 Å². The van der Waals surface area contributed by atoms with Gasteiger partial charge in [-0.1, -0.05) is 6.42 Å². The van der Waals surface area contributed by atoms with E-state index in [2.05, 4.69) is 11.9 Å². The first kappa shape index (κ1) is 7.56. The van der Waals surface area contributed by atoms with Crippen LogP contribution < -0.4 is 0 Å². The van der Waals surface area contributed by atoms with E-state index in [1.807, 2.05) is 0 Å². The van der Waals surface area contributed by atoms with Gasteiger partial charge in [-0.15, -0.1) is 0 Å². The van der Waals surface area contributed by atoms with E-state index in [9.17, 15) is 0 Å². The summed E-state index contributed by atoms with van der Waals surface area (Å²) in [5.41, 5.74) is 0.627. The molecule has 0 aromatic carbocycles. The fraction of sp³-hybridized carbons (Fsp3) is 1.00. The monoisotopic (exact) mass is 155 g/mol. The third-order valence-corrected chi connectivity index (χ3v) is 3.50. The summed E-state index contributed by atoms with van der Waals surface area (Å²) >= 11 is 0. The van der Waals surface area contributed by atoms with Crippen LogP contribution in [0.3, 0.4) is 0 Å². The van der Waals surface area contributed by atoms with Crippen LogP contribution in [0.4, 0.5) is 0 Å². The number of nitrogens with zero attached hydrogens (tertiary/aromatic N) is 1. The molecular formula is C9H17NO. The van der Waals surface area contributed by atoms with Crippen molar-refractivity contribution in [3.63, 3.8) is 0 Å². The molecule has 1 unspecified atom stereocenters. The number of aliphatic hydroxyl groups excluding tert-OH is 1. The maximum atomic E-state index is 9.05. The summed E-state index contributed by atoms with van der Waals surface area (Å²) in [6, 6.07) is 0.454. The average Bonchev–Trinajstić information content (AvgIpc) is 2.26. The van der Waals surface area contributed by atoms with Crippen molar-refractivity contribution in [2.75, 3.05) is 20.2 Å². The van der Waals surface area contributed by atoms with E-state index in [1.54, 1.807) is 0 Å². The summed E-state index contributed by atoms with van der Waals surface area (Å²) in [6.45, 7) is 1.57. The molecule has 1 saturated heterocycles. The molecule has 2 rings (SSSR count). The SMILES string of the molecule is CN1CC2(CCC2)CC1CO. The Hall–Kier alpha value is -0.0800. The standard InChI is InChI=1S/C9H17NO/c1-10-7-9(3-2-4-9)5-8(10)6-11/h8,11H,2-7H2,1H3. The highest BCUT2D eigenvalue weighted by molar-refractivity contribution is 4.99. The van der Waals surface area contributed by atoms with Crippen LogP contribution in [0.25, 0.3) is 0 Å². The topological polar surface area (TPSA) is 23.5 Å². The summed E-state index contributed by atoms with van der Waals surface area (Å²) in [5.74, 6) is 0. The Morgan fingerprint density at radius 3 is 2.55 bits per heavy atom. The fourth-order valence-corrected chi connectivity index (χ4v) is 2.62. The Morgan fingerprint density at radius 2 is 2.27 bits per heavy atom. The fourth-order valence-electron chi connectivity index (χ4n) is 2.62. The smallest absolute Gasteiger partial charge is 0.0586 e. The molecule has 0 amide bonds. The van der Waals surface area contributed by atoms with Crippen molar-refractivity contribution in [1.29, 1.82) is 0 Å². The van der Waals surface area contributed by atoms with Crippen LogP contribution >= 0.6 is 0 Å². The number of hydrogen-bond donors (Lipinski definition) is 1. The van der Waals surface area contributed by atoms with E-state index in [4.69, 9.17) is 5.11 Å². The normalized spacial score (nSPS) is 36.0. The summed E-state index contributed by atoms with van der Waals surface area (Å²) in [7, 11) is 2.13. The lowest BCUT2D eigenvalue weighted by Crippen LogP contribution is -2.32. The predicted octanol–water partition coefficient (Wildman–Crippen LogP) is 0.853. The molecule has 1 aliphatic carbocycles. The van der Waals surface area contributed by atoms with Gasteiger partial charge >= 0.3 is 0 Å². The Bertz CT molecular complexity index is 154. The van der Waals surface area contributed by atoms with Crippen molar-refractivity contribution >= 4 is 0 Å². The quantitative estimate of drug-likeness (QED) is 0.607. The van der Waals surface area contributed by atoms with Crippen LogP contribution in [-0.2, 0) is 0 Å². The highest BCUT2D eigenvalue weighted by Gasteiger charge is 2.45. The zero-order valence-corrected chi connectivity index (χ0v) is 7.21. The molecule has 1 heterocycles. The number of aliphatic hydroxyl groups is 1. The van der Waals surface area contributed by atoms with Crippen LogP contribution in [0, 0.1) is 5.41 Å². The Morgan fingerprint density at radius 1 is 1.55 bits per heavy atom. The lowest BCUT2D eigenvalue weighted by molar-refractivity contribution is 0.145. The Kier molecular flexibility index (Phi) is 1.69. The third-order valence-electron chi connectivity index (χ3n) is 3.50. The predicted molar refractivity (Wildman–Crippen MR) is 44.4 cm³/mol. The van der Waals surface area contributed by atoms with Gasteiger partial charge in [-0.05, 0) is 31.7 Å². The van der Waals surface area contributed by atoms with E-state index in [0.29, 0.717) is 18.1 Å². The second-order valence-electron chi connectivity index (χ2n) is 4.31. The van der Waals surface area contributed by atoms with Crippen molar-refractivity contribution in [2.24, 2.45) is 5.41 Å². The summed E-state index contributed by atoms with van der Waals surface area (Å²) in [5, 5.41) is 9.05. The van der Waals surface area contributed by atoms with Crippen molar-refractivity contribution in [3.05, 3.63) is 0 Å². The molecule has 2 heteroatoms. The maximum absolute atomic E-state index is 9.05. The van der Waals surface area contributed by atoms with Crippen LogP contribution in [0.5, 0.6) is 0 Å². The van der Waals surface area contributed by atoms with Crippen LogP contribution in [0.2, 0.25) is 0 Å². The summed E-state index contributed by atoms with van der Waals surface area (Å²) in [4.78, 5) is 2.32. The summed E-state index contributed by atoms with van der Waals surface area (Å²) in [6.07, 6.45) is 5.44. The van der Waals surface area contributed by atoms with Gasteiger partial charge in [0.25, 0.3) is 0 Å². The van der Waals surface area contributed by atoms with Crippen molar-refractivity contribution in [1.82, 2.24) is 4.90 Å². The molecule has 2 aliphatic rings. The second kappa shape index (κ2) is 2.46. The first-order chi connectivity index (χ1) is 5.26. The van der Waals surface area contributed by atoms with Crippen molar-refractivity contribution < 1.29 is 5.11 Å². The van der Waals surface area contributed by atoms with Gasteiger partial charge in [0.1, 0.15) is 0 Å². The molecule has 0 aromatic heterocycles. The minimum Gasteiger partial charge on any atom is -0.395 e. The zero-order chi connectivity index (χ0) is 7.90. The molecule has 2 fully saturated rings. The molecular weight excluding hydrogens is 138 g/mol. The molecule has 64 valence electrons. The molecule has 0 bridgehead atoms. The zero-order valence-electron chi connectivity index (χ0n) is 7.21. The van der Waals surface area contributed by atoms with Gasteiger partial charge < -0.3 is 10.0 Å². The molecule has 1 aliphatic heterocycles. The summed E-state index contributed by atoms with van der Waals surface area (Å²) < 4.78 is 0. The molecule has 1 N–H and O–H groups in total. The highest BCUT2D eigenvalue weighted by atomic mass is 16.3. The van der Waals surface area contributed by atoms with E-state index < -0.39 is 0 Å². The lowest BCUT2D eigenvalue weighted by atomic mass is 9.67. The van der Waals surface area contributed by atoms with Gasteiger partial charge in [0, 0.05) is 12.6 Å². The minimum absolute atomic E-state index is 0.345. The number of likely N-dealkylation sites (N-methyl/N-ethyl adjacent to an activating group) is 1. The Labute approximate surface area is 68.2 Å². The number of likely N-dealkylation sites (tertiary alicyclic amines) is 1. The van der Waals surface area contributed by atoms with Crippen LogP contribution in [0.15, 0.2) is 0 Å². The molecule has 0 radical (unpaired) electrons. The highest BCUT2D eigenvalue weighted by Crippen LogP contribution is 2.49. The van der Waals surface area contributed by atoms with E-state index in [-0.39, 0.29) is 0 Å². The van der Waals surface area contributed by atoms with E-state index in [0.717, 1.165) is 0 Å². The lowest BCUT2D eigenvalue weighted by Gasteiger charge is -2.38. The molecule has 0 aromatic rings. The number of rotatable bonds is 1. The third kappa shape index (κ3) is 1.09. The first-order valence-electron chi connectivity index (χ1n) is 4.57. The molecule has 2 nitrogen and oxygen atoms in total. The molecule has 1 atom stereocenters. The largest absolute Gasteiger partial charge is 0.395 e. The van der Waals surface area contributed by atoms with Gasteiger partial charge in [-0.2, -0.15) is 0 Å². The second-order valence-corrected chi connectivity index (χ2v) is 4.31.